The number of rotatable bonds is 18. The van der Waals surface area contributed by atoms with E-state index in [1.807, 2.05) is 60.7 Å². The maximum atomic E-state index is 11.8. The van der Waals surface area contributed by atoms with Crippen molar-refractivity contribution in [3.8, 4) is 11.5 Å². The highest BCUT2D eigenvalue weighted by Gasteiger charge is 2.11. The van der Waals surface area contributed by atoms with Crippen LogP contribution in [-0.4, -0.2) is 39.4 Å². The summed E-state index contributed by atoms with van der Waals surface area (Å²) in [5.41, 5.74) is 4.76. The van der Waals surface area contributed by atoms with Gasteiger partial charge in [-0.05, 0) is 60.4 Å². The van der Waals surface area contributed by atoms with Gasteiger partial charge in [-0.15, -0.1) is 0 Å². The van der Waals surface area contributed by atoms with Crippen molar-refractivity contribution in [1.82, 2.24) is 0 Å². The number of carbonyl (C=O) groups excluding carboxylic acids is 2. The maximum absolute atomic E-state index is 11.8. The van der Waals surface area contributed by atoms with Crippen molar-refractivity contribution in [3.63, 3.8) is 0 Å². The molecule has 0 atom stereocenters. The summed E-state index contributed by atoms with van der Waals surface area (Å²) in [5.74, 6) is 0.844. The number of benzene rings is 3. The molecule has 0 fully saturated rings. The molecule has 0 heterocycles. The van der Waals surface area contributed by atoms with E-state index in [0.717, 1.165) is 59.4 Å². The second-order valence-electron chi connectivity index (χ2n) is 10.6. The van der Waals surface area contributed by atoms with Gasteiger partial charge in [0.25, 0.3) is 0 Å². The van der Waals surface area contributed by atoms with E-state index < -0.39 is 0 Å². The predicted molar refractivity (Wildman–Crippen MR) is 179 cm³/mol. The molecule has 0 unspecified atom stereocenters. The normalized spacial score (nSPS) is 11.2. The minimum Gasteiger partial charge on any atom is -0.493 e. The number of unbranched alkanes of at least 4 members (excludes halogenated alkanes) is 6. The third-order valence-corrected chi connectivity index (χ3v) is 7.23. The highest BCUT2D eigenvalue weighted by molar-refractivity contribution is 5.90. The van der Waals surface area contributed by atoms with Crippen LogP contribution >= 0.6 is 0 Å². The number of esters is 2. The summed E-state index contributed by atoms with van der Waals surface area (Å²) in [4.78, 5) is 23.7. The molecule has 0 radical (unpaired) electrons. The summed E-state index contributed by atoms with van der Waals surface area (Å²) in [7, 11) is 2.76. The molecule has 6 heteroatoms. The number of carbonyl (C=O) groups is 2. The Balaban J connectivity index is 1.94. The molecule has 0 saturated carbocycles. The van der Waals surface area contributed by atoms with Crippen LogP contribution in [0.15, 0.2) is 60.7 Å². The fraction of sp³-hybridized carbons (Fsp3) is 0.368. The molecule has 0 bridgehead atoms. The Labute approximate surface area is 262 Å². The molecule has 0 aliphatic heterocycles. The molecule has 0 aromatic heterocycles. The van der Waals surface area contributed by atoms with Crippen molar-refractivity contribution in [2.75, 3.05) is 27.4 Å². The van der Waals surface area contributed by atoms with E-state index in [1.54, 1.807) is 24.3 Å². The molecule has 6 nitrogen and oxygen atoms in total. The highest BCUT2D eigenvalue weighted by atomic mass is 16.5. The maximum Gasteiger partial charge on any atom is 0.337 e. The minimum atomic E-state index is -0.358. The van der Waals surface area contributed by atoms with E-state index in [4.69, 9.17) is 18.9 Å². The number of methoxy groups -OCH3 is 2. The zero-order valence-corrected chi connectivity index (χ0v) is 26.6. The van der Waals surface area contributed by atoms with Gasteiger partial charge in [0.1, 0.15) is 11.5 Å². The fourth-order valence-corrected chi connectivity index (χ4v) is 4.59. The van der Waals surface area contributed by atoms with Crippen LogP contribution < -0.4 is 9.47 Å². The minimum absolute atomic E-state index is 0.358. The lowest BCUT2D eigenvalue weighted by Gasteiger charge is -2.15. The van der Waals surface area contributed by atoms with Crippen LogP contribution in [0.5, 0.6) is 11.5 Å². The second-order valence-corrected chi connectivity index (χ2v) is 10.6. The average Bonchev–Trinajstić information content (AvgIpc) is 3.06. The average molecular weight is 599 g/mol. The van der Waals surface area contributed by atoms with E-state index >= 15 is 0 Å². The Bertz CT molecular complexity index is 1260. The molecule has 44 heavy (non-hydrogen) atoms. The SMILES string of the molecule is CCCCCCOc1cc(/C=C/c2ccc(C(=O)OC)cc2)c(OCCCCCC)cc1/C=C/c1ccc(C(=O)OC)cc1. The molecule has 0 spiro atoms. The van der Waals surface area contributed by atoms with Gasteiger partial charge in [0.2, 0.25) is 0 Å². The summed E-state index contributed by atoms with van der Waals surface area (Å²) in [6.07, 6.45) is 17.0. The number of ether oxygens (including phenoxy) is 4. The summed E-state index contributed by atoms with van der Waals surface area (Å²) in [6, 6.07) is 18.7. The van der Waals surface area contributed by atoms with Crippen molar-refractivity contribution < 1.29 is 28.5 Å². The van der Waals surface area contributed by atoms with Crippen LogP contribution in [0, 0.1) is 0 Å². The molecule has 0 amide bonds. The van der Waals surface area contributed by atoms with Gasteiger partial charge in [0.15, 0.2) is 0 Å². The van der Waals surface area contributed by atoms with Crippen LogP contribution in [0.1, 0.15) is 108 Å². The first kappa shape index (κ1) is 34.2. The van der Waals surface area contributed by atoms with Gasteiger partial charge >= 0.3 is 11.9 Å². The summed E-state index contributed by atoms with van der Waals surface area (Å²) in [5, 5.41) is 0. The first-order chi connectivity index (χ1) is 21.5. The lowest BCUT2D eigenvalue weighted by Crippen LogP contribution is -2.03. The van der Waals surface area contributed by atoms with Crippen LogP contribution in [0.25, 0.3) is 24.3 Å². The molecule has 0 N–H and O–H groups in total. The molecule has 234 valence electrons. The molecule has 0 aliphatic carbocycles. The van der Waals surface area contributed by atoms with E-state index in [9.17, 15) is 9.59 Å². The molecule has 3 aromatic rings. The van der Waals surface area contributed by atoms with Gasteiger partial charge in [0, 0.05) is 11.1 Å². The third kappa shape index (κ3) is 11.1. The van der Waals surface area contributed by atoms with Crippen LogP contribution in [0.3, 0.4) is 0 Å². The molecule has 3 aromatic carbocycles. The van der Waals surface area contributed by atoms with Crippen LogP contribution in [0.2, 0.25) is 0 Å². The lowest BCUT2D eigenvalue weighted by molar-refractivity contribution is 0.0592. The van der Waals surface area contributed by atoms with E-state index in [-0.39, 0.29) is 11.9 Å². The molecular weight excluding hydrogens is 552 g/mol. The Hall–Kier alpha value is -4.32. The summed E-state index contributed by atoms with van der Waals surface area (Å²) >= 11 is 0. The molecule has 3 rings (SSSR count). The van der Waals surface area contributed by atoms with E-state index in [0.29, 0.717) is 24.3 Å². The standard InChI is InChI=1S/C38H46O6/c1-5-7-9-11-25-43-35-27-34(24-18-30-15-21-32(22-16-30)38(40)42-4)36(44-26-12-10-8-6-2)28-33(35)23-17-29-13-19-31(20-14-29)37(39)41-3/h13-24,27-28H,5-12,25-26H2,1-4H3/b23-17+,24-18+. The fourth-order valence-electron chi connectivity index (χ4n) is 4.59. The molecular formula is C38H46O6. The van der Waals surface area contributed by atoms with Crippen molar-refractivity contribution in [3.05, 3.63) is 94.0 Å². The first-order valence-electron chi connectivity index (χ1n) is 15.7. The van der Waals surface area contributed by atoms with Crippen molar-refractivity contribution in [1.29, 1.82) is 0 Å². The monoisotopic (exact) mass is 598 g/mol. The molecule has 0 saturated heterocycles. The largest absolute Gasteiger partial charge is 0.493 e. The van der Waals surface area contributed by atoms with Gasteiger partial charge in [-0.2, -0.15) is 0 Å². The summed E-state index contributed by atoms with van der Waals surface area (Å²) < 4.78 is 22.3. The molecule has 0 aliphatic rings. The zero-order valence-electron chi connectivity index (χ0n) is 26.6. The van der Waals surface area contributed by atoms with Crippen molar-refractivity contribution in [2.24, 2.45) is 0 Å². The van der Waals surface area contributed by atoms with Crippen molar-refractivity contribution in [2.45, 2.75) is 65.2 Å². The van der Waals surface area contributed by atoms with Gasteiger partial charge < -0.3 is 18.9 Å². The van der Waals surface area contributed by atoms with Crippen LogP contribution in [-0.2, 0) is 9.47 Å². The predicted octanol–water partition coefficient (Wildman–Crippen LogP) is 9.52. The van der Waals surface area contributed by atoms with Crippen LogP contribution in [0.4, 0.5) is 0 Å². The lowest BCUT2D eigenvalue weighted by atomic mass is 10.0. The summed E-state index contributed by atoms with van der Waals surface area (Å²) in [6.45, 7) is 5.65. The number of hydrogen-bond acceptors (Lipinski definition) is 6. The smallest absolute Gasteiger partial charge is 0.337 e. The van der Waals surface area contributed by atoms with Gasteiger partial charge in [-0.25, -0.2) is 9.59 Å². The quantitative estimate of drug-likeness (QED) is 0.0825. The highest BCUT2D eigenvalue weighted by Crippen LogP contribution is 2.33. The Kier molecular flexibility index (Phi) is 14.8. The van der Waals surface area contributed by atoms with Crippen molar-refractivity contribution >= 4 is 36.2 Å². The third-order valence-electron chi connectivity index (χ3n) is 7.23. The Morgan fingerprint density at radius 1 is 0.545 bits per heavy atom. The second kappa shape index (κ2) is 19.1. The van der Waals surface area contributed by atoms with E-state index in [1.165, 1.54) is 39.9 Å². The zero-order chi connectivity index (χ0) is 31.6. The van der Waals surface area contributed by atoms with Gasteiger partial charge in [-0.3, -0.25) is 0 Å². The van der Waals surface area contributed by atoms with E-state index in [2.05, 4.69) is 13.8 Å². The first-order valence-corrected chi connectivity index (χ1v) is 15.7. The Morgan fingerprint density at radius 3 is 1.27 bits per heavy atom. The topological polar surface area (TPSA) is 71.1 Å². The van der Waals surface area contributed by atoms with Gasteiger partial charge in [0.05, 0.1) is 38.6 Å². The Morgan fingerprint density at radius 2 is 0.932 bits per heavy atom. The van der Waals surface area contributed by atoms with Gasteiger partial charge in [-0.1, -0.05) is 101 Å². The number of hydrogen-bond donors (Lipinski definition) is 0.